The zero-order chi connectivity index (χ0) is 23.9. The van der Waals surface area contributed by atoms with Gasteiger partial charge in [-0.1, -0.05) is 0 Å². The van der Waals surface area contributed by atoms with E-state index in [2.05, 4.69) is 0 Å². The lowest BCUT2D eigenvalue weighted by Gasteiger charge is -2.47. The first-order chi connectivity index (χ1) is 15.0. The first-order valence-corrected chi connectivity index (χ1v) is 10.3. The lowest BCUT2D eigenvalue weighted by molar-refractivity contribution is -0.384. The van der Waals surface area contributed by atoms with Crippen molar-refractivity contribution in [2.75, 3.05) is 6.61 Å². The van der Waals surface area contributed by atoms with Crippen LogP contribution in [0.5, 0.6) is 0 Å². The Labute approximate surface area is 183 Å². The van der Waals surface area contributed by atoms with Gasteiger partial charge in [0.25, 0.3) is 0 Å². The fraction of sp³-hybridized carbons (Fsp3) is 1.00. The van der Waals surface area contributed by atoms with Crippen LogP contribution in [0, 0.1) is 0 Å². The Morgan fingerprint density at radius 3 is 1.66 bits per heavy atom. The van der Waals surface area contributed by atoms with E-state index in [0.29, 0.717) is 0 Å². The molecule has 14 heteroatoms. The average Bonchev–Trinajstić information content (AvgIpc) is 2.76. The summed E-state index contributed by atoms with van der Waals surface area (Å²) < 4.78 is 27.0. The summed E-state index contributed by atoms with van der Waals surface area (Å²) >= 11 is 0. The van der Waals surface area contributed by atoms with Gasteiger partial charge >= 0.3 is 0 Å². The van der Waals surface area contributed by atoms with Crippen LogP contribution in [-0.4, -0.2) is 145 Å². The molecule has 0 aromatic heterocycles. The molecular formula is C18H32O14. The fourth-order valence-electron chi connectivity index (χ4n) is 3.92. The van der Waals surface area contributed by atoms with Crippen molar-refractivity contribution >= 4 is 0 Å². The van der Waals surface area contributed by atoms with Crippen molar-refractivity contribution in [3.63, 3.8) is 0 Å². The molecule has 188 valence electrons. The molecule has 14 nitrogen and oxygen atoms in total. The molecule has 0 aromatic rings. The quantitative estimate of drug-likeness (QED) is 0.182. The smallest absolute Gasteiger partial charge is 0.187 e. The third-order valence-corrected chi connectivity index (χ3v) is 6.02. The Kier molecular flexibility index (Phi) is 8.44. The number of hydrogen-bond acceptors (Lipinski definition) is 14. The van der Waals surface area contributed by atoms with Crippen LogP contribution in [0.4, 0.5) is 0 Å². The molecule has 3 saturated heterocycles. The van der Waals surface area contributed by atoms with Gasteiger partial charge in [-0.15, -0.1) is 0 Å². The SMILES string of the molecule is C[C@@H]1OC(O)[C@H](O[C@@H]2O[C@@H](C)[C@@H](O)[C@@H](O)[C@@H]2O)[C@H](O[C@H]2O[C@H](CO)[C@@H](O)[C@H](O)[C@@H]2O)[C@H]1O. The molecule has 9 N–H and O–H groups in total. The summed E-state index contributed by atoms with van der Waals surface area (Å²) in [5.74, 6) is 0. The minimum absolute atomic E-state index is 0.708. The summed E-state index contributed by atoms with van der Waals surface area (Å²) in [5, 5.41) is 90.5. The highest BCUT2D eigenvalue weighted by atomic mass is 16.8. The van der Waals surface area contributed by atoms with E-state index in [4.69, 9.17) is 23.7 Å². The number of ether oxygens (including phenoxy) is 5. The molecule has 3 aliphatic heterocycles. The highest BCUT2D eigenvalue weighted by Gasteiger charge is 2.52. The van der Waals surface area contributed by atoms with Gasteiger partial charge in [0.2, 0.25) is 0 Å². The fourth-order valence-corrected chi connectivity index (χ4v) is 3.92. The van der Waals surface area contributed by atoms with Crippen LogP contribution in [0.1, 0.15) is 13.8 Å². The summed E-state index contributed by atoms with van der Waals surface area (Å²) in [6, 6.07) is 0. The zero-order valence-corrected chi connectivity index (χ0v) is 17.4. The summed E-state index contributed by atoms with van der Waals surface area (Å²) in [6.07, 6.45) is -22.6. The van der Waals surface area contributed by atoms with E-state index >= 15 is 0 Å². The molecule has 0 aliphatic carbocycles. The molecule has 32 heavy (non-hydrogen) atoms. The number of rotatable bonds is 5. The Hall–Kier alpha value is -0.560. The topological polar surface area (TPSA) is 228 Å². The predicted molar refractivity (Wildman–Crippen MR) is 98.4 cm³/mol. The zero-order valence-electron chi connectivity index (χ0n) is 17.4. The minimum atomic E-state index is -1.79. The summed E-state index contributed by atoms with van der Waals surface area (Å²) in [6.45, 7) is 2.13. The number of aliphatic hydroxyl groups excluding tert-OH is 9. The minimum Gasteiger partial charge on any atom is -0.394 e. The summed E-state index contributed by atoms with van der Waals surface area (Å²) in [5.41, 5.74) is 0. The highest BCUT2D eigenvalue weighted by molar-refractivity contribution is 4.95. The van der Waals surface area contributed by atoms with Gasteiger partial charge in [0.15, 0.2) is 18.9 Å². The van der Waals surface area contributed by atoms with Gasteiger partial charge in [0, 0.05) is 0 Å². The molecule has 1 unspecified atom stereocenters. The van der Waals surface area contributed by atoms with E-state index < -0.39 is 98.7 Å². The second-order valence-corrected chi connectivity index (χ2v) is 8.30. The Morgan fingerprint density at radius 2 is 1.06 bits per heavy atom. The van der Waals surface area contributed by atoms with Crippen LogP contribution >= 0.6 is 0 Å². The van der Waals surface area contributed by atoms with Crippen LogP contribution in [0.3, 0.4) is 0 Å². The van der Waals surface area contributed by atoms with Gasteiger partial charge in [0.05, 0.1) is 18.8 Å². The van der Waals surface area contributed by atoms with Crippen LogP contribution < -0.4 is 0 Å². The molecule has 0 spiro atoms. The standard InChI is InChI=1S/C18H32O14/c1-4-7(20)10(23)12(25)17(29-4)32-15-14(8(21)5(2)28-16(15)27)31-18-13(26)11(24)9(22)6(3-19)30-18/h4-27H,3H2,1-2H3/t4-,5-,6+,7+,8-,9+,10+,11-,12-,13-,14+,15+,16?,17-,18+/m0/s1. The van der Waals surface area contributed by atoms with E-state index in [1.165, 1.54) is 13.8 Å². The molecule has 0 aromatic carbocycles. The van der Waals surface area contributed by atoms with Crippen molar-refractivity contribution < 1.29 is 69.6 Å². The number of hydrogen-bond donors (Lipinski definition) is 9. The van der Waals surface area contributed by atoms with E-state index in [1.807, 2.05) is 0 Å². The van der Waals surface area contributed by atoms with Gasteiger partial charge < -0.3 is 69.6 Å². The van der Waals surface area contributed by atoms with Crippen LogP contribution in [0.15, 0.2) is 0 Å². The lowest BCUT2D eigenvalue weighted by Crippen LogP contribution is -2.66. The van der Waals surface area contributed by atoms with Crippen molar-refractivity contribution in [1.82, 2.24) is 0 Å². The maximum absolute atomic E-state index is 10.6. The molecule has 0 bridgehead atoms. The molecule has 15 atom stereocenters. The molecule has 0 amide bonds. The van der Waals surface area contributed by atoms with Crippen molar-refractivity contribution in [3.05, 3.63) is 0 Å². The summed E-state index contributed by atoms with van der Waals surface area (Å²) in [4.78, 5) is 0. The van der Waals surface area contributed by atoms with Gasteiger partial charge in [-0.2, -0.15) is 0 Å². The van der Waals surface area contributed by atoms with E-state index in [1.54, 1.807) is 0 Å². The Morgan fingerprint density at radius 1 is 0.562 bits per heavy atom. The van der Waals surface area contributed by atoms with E-state index in [0.717, 1.165) is 0 Å². The normalized spacial score (nSPS) is 55.0. The van der Waals surface area contributed by atoms with Crippen molar-refractivity contribution in [2.45, 2.75) is 106 Å². The first kappa shape index (κ1) is 26.1. The average molecular weight is 472 g/mol. The molecule has 3 heterocycles. The Balaban J connectivity index is 1.79. The van der Waals surface area contributed by atoms with Gasteiger partial charge in [0.1, 0.15) is 61.0 Å². The molecule has 0 saturated carbocycles. The lowest BCUT2D eigenvalue weighted by atomic mass is 9.96. The Bertz CT molecular complexity index is 608. The van der Waals surface area contributed by atoms with Gasteiger partial charge in [-0.05, 0) is 13.8 Å². The monoisotopic (exact) mass is 472 g/mol. The van der Waals surface area contributed by atoms with Crippen molar-refractivity contribution in [2.24, 2.45) is 0 Å². The van der Waals surface area contributed by atoms with Crippen molar-refractivity contribution in [3.8, 4) is 0 Å². The second kappa shape index (κ2) is 10.4. The highest BCUT2D eigenvalue weighted by Crippen LogP contribution is 2.32. The maximum atomic E-state index is 10.6. The third-order valence-electron chi connectivity index (χ3n) is 6.02. The number of aliphatic hydroxyl groups is 9. The molecule has 3 rings (SSSR count). The van der Waals surface area contributed by atoms with Crippen LogP contribution in [-0.2, 0) is 23.7 Å². The largest absolute Gasteiger partial charge is 0.394 e. The van der Waals surface area contributed by atoms with E-state index in [9.17, 15) is 46.0 Å². The van der Waals surface area contributed by atoms with Gasteiger partial charge in [-0.25, -0.2) is 0 Å². The molecular weight excluding hydrogens is 440 g/mol. The first-order valence-electron chi connectivity index (χ1n) is 10.3. The molecule has 3 fully saturated rings. The van der Waals surface area contributed by atoms with Crippen molar-refractivity contribution in [1.29, 1.82) is 0 Å². The molecule has 3 aliphatic rings. The van der Waals surface area contributed by atoms with Crippen LogP contribution in [0.25, 0.3) is 0 Å². The third kappa shape index (κ3) is 4.94. The second-order valence-electron chi connectivity index (χ2n) is 8.30. The predicted octanol–water partition coefficient (Wildman–Crippen LogP) is -5.52. The van der Waals surface area contributed by atoms with E-state index in [-0.39, 0.29) is 0 Å². The maximum Gasteiger partial charge on any atom is 0.187 e. The van der Waals surface area contributed by atoms with Gasteiger partial charge in [-0.3, -0.25) is 0 Å². The van der Waals surface area contributed by atoms with Crippen LogP contribution in [0.2, 0.25) is 0 Å². The summed E-state index contributed by atoms with van der Waals surface area (Å²) in [7, 11) is 0. The molecule has 0 radical (unpaired) electrons.